The third-order valence-electron chi connectivity index (χ3n) is 2.78. The molecule has 0 bridgehead atoms. The standard InChI is InChI=1S/C11H14N2O3S2/c14-13(15)10-5-4-9(16-10)8-18-11(17)12-6-2-1-3-7-12/h4-5H,1-3,6-8H2. The van der Waals surface area contributed by atoms with Crippen LogP contribution < -0.4 is 0 Å². The van der Waals surface area contributed by atoms with E-state index in [9.17, 15) is 10.1 Å². The lowest BCUT2D eigenvalue weighted by atomic mass is 10.1. The van der Waals surface area contributed by atoms with Crippen LogP contribution in [0.15, 0.2) is 16.5 Å². The highest BCUT2D eigenvalue weighted by molar-refractivity contribution is 8.22. The summed E-state index contributed by atoms with van der Waals surface area (Å²) >= 11 is 6.85. The average molecular weight is 286 g/mol. The first-order valence-corrected chi connectivity index (χ1v) is 7.21. The number of rotatable bonds is 3. The summed E-state index contributed by atoms with van der Waals surface area (Å²) in [5.41, 5.74) is 0. The molecule has 0 saturated carbocycles. The highest BCUT2D eigenvalue weighted by Gasteiger charge is 2.16. The molecule has 1 aromatic heterocycles. The predicted octanol–water partition coefficient (Wildman–Crippen LogP) is 3.19. The molecule has 98 valence electrons. The van der Waals surface area contributed by atoms with Gasteiger partial charge in [-0.05, 0) is 25.3 Å². The van der Waals surface area contributed by atoms with Crippen LogP contribution in [0.2, 0.25) is 0 Å². The topological polar surface area (TPSA) is 59.5 Å². The Balaban J connectivity index is 1.82. The van der Waals surface area contributed by atoms with E-state index in [-0.39, 0.29) is 5.88 Å². The molecule has 0 atom stereocenters. The largest absolute Gasteiger partial charge is 0.433 e. The number of furan rings is 1. The lowest BCUT2D eigenvalue weighted by Crippen LogP contribution is -2.32. The van der Waals surface area contributed by atoms with Crippen LogP contribution >= 0.6 is 24.0 Å². The molecular formula is C11H14N2O3S2. The van der Waals surface area contributed by atoms with Crippen molar-refractivity contribution in [2.75, 3.05) is 13.1 Å². The molecule has 2 heterocycles. The highest BCUT2D eigenvalue weighted by atomic mass is 32.2. The van der Waals surface area contributed by atoms with Gasteiger partial charge in [-0.25, -0.2) is 0 Å². The number of hydrogen-bond donors (Lipinski definition) is 0. The maximum absolute atomic E-state index is 10.5. The molecule has 0 aliphatic carbocycles. The van der Waals surface area contributed by atoms with Crippen molar-refractivity contribution in [1.82, 2.24) is 4.90 Å². The van der Waals surface area contributed by atoms with Crippen molar-refractivity contribution in [3.63, 3.8) is 0 Å². The zero-order valence-electron chi connectivity index (χ0n) is 9.83. The molecule has 1 aliphatic rings. The van der Waals surface area contributed by atoms with Crippen LogP contribution in [0, 0.1) is 10.1 Å². The normalized spacial score (nSPS) is 15.7. The van der Waals surface area contributed by atoms with E-state index in [1.54, 1.807) is 6.07 Å². The first-order valence-electron chi connectivity index (χ1n) is 5.81. The van der Waals surface area contributed by atoms with E-state index in [1.165, 1.54) is 37.1 Å². The van der Waals surface area contributed by atoms with E-state index in [2.05, 4.69) is 4.90 Å². The first kappa shape index (κ1) is 13.4. The SMILES string of the molecule is O=[N+]([O-])c1ccc(CSC(=S)N2CCCCC2)o1. The Morgan fingerprint density at radius 3 is 2.78 bits per heavy atom. The van der Waals surface area contributed by atoms with Crippen LogP contribution in [0.4, 0.5) is 5.88 Å². The van der Waals surface area contributed by atoms with Gasteiger partial charge in [-0.3, -0.25) is 10.1 Å². The minimum Gasteiger partial charge on any atom is -0.405 e. The molecule has 0 unspecified atom stereocenters. The van der Waals surface area contributed by atoms with Crippen molar-refractivity contribution in [2.45, 2.75) is 25.0 Å². The van der Waals surface area contributed by atoms with Gasteiger partial charge in [0.05, 0.1) is 11.8 Å². The highest BCUT2D eigenvalue weighted by Crippen LogP contribution is 2.23. The summed E-state index contributed by atoms with van der Waals surface area (Å²) in [7, 11) is 0. The number of nitrogens with zero attached hydrogens (tertiary/aromatic N) is 2. The Morgan fingerprint density at radius 2 is 2.17 bits per heavy atom. The third-order valence-corrected chi connectivity index (χ3v) is 4.33. The van der Waals surface area contributed by atoms with Crippen molar-refractivity contribution in [1.29, 1.82) is 0 Å². The second-order valence-corrected chi connectivity index (χ2v) is 5.71. The molecule has 0 aromatic carbocycles. The Labute approximate surface area is 115 Å². The van der Waals surface area contributed by atoms with Crippen LogP contribution in [0.3, 0.4) is 0 Å². The molecule has 2 rings (SSSR count). The van der Waals surface area contributed by atoms with Gasteiger partial charge in [0.15, 0.2) is 0 Å². The third kappa shape index (κ3) is 3.46. The smallest absolute Gasteiger partial charge is 0.405 e. The molecule has 1 aliphatic heterocycles. The maximum Gasteiger partial charge on any atom is 0.433 e. The van der Waals surface area contributed by atoms with Crippen molar-refractivity contribution in [3.05, 3.63) is 28.0 Å². The van der Waals surface area contributed by atoms with Crippen molar-refractivity contribution in [2.24, 2.45) is 0 Å². The van der Waals surface area contributed by atoms with Gasteiger partial charge in [0, 0.05) is 13.1 Å². The molecule has 0 amide bonds. The summed E-state index contributed by atoms with van der Waals surface area (Å²) in [6, 6.07) is 3.00. The van der Waals surface area contributed by atoms with Gasteiger partial charge < -0.3 is 9.32 Å². The minimum absolute atomic E-state index is 0.213. The molecular weight excluding hydrogens is 272 g/mol. The lowest BCUT2D eigenvalue weighted by Gasteiger charge is -2.28. The van der Waals surface area contributed by atoms with Crippen molar-refractivity contribution >= 4 is 34.2 Å². The van der Waals surface area contributed by atoms with Gasteiger partial charge >= 0.3 is 5.88 Å². The van der Waals surface area contributed by atoms with Crippen LogP contribution in [-0.2, 0) is 5.75 Å². The number of likely N-dealkylation sites (tertiary alicyclic amines) is 1. The molecule has 0 N–H and O–H groups in total. The molecule has 7 heteroatoms. The number of nitro groups is 1. The Kier molecular flexibility index (Phi) is 4.60. The van der Waals surface area contributed by atoms with Crippen molar-refractivity contribution in [3.8, 4) is 0 Å². The molecule has 5 nitrogen and oxygen atoms in total. The van der Waals surface area contributed by atoms with Gasteiger partial charge in [0.25, 0.3) is 0 Å². The van der Waals surface area contributed by atoms with Gasteiger partial charge in [-0.2, -0.15) is 0 Å². The fourth-order valence-electron chi connectivity index (χ4n) is 1.84. The molecule has 18 heavy (non-hydrogen) atoms. The van der Waals surface area contributed by atoms with Gasteiger partial charge in [0.1, 0.15) is 15.0 Å². The second-order valence-electron chi connectivity index (χ2n) is 4.10. The zero-order chi connectivity index (χ0) is 13.0. The number of thioether (sulfide) groups is 1. The Hall–Kier alpha value is -1.08. The summed E-state index contributed by atoms with van der Waals surface area (Å²) < 4.78 is 5.94. The number of thiocarbonyl (C=S) groups is 1. The van der Waals surface area contributed by atoms with Crippen LogP contribution in [-0.4, -0.2) is 27.2 Å². The predicted molar refractivity (Wildman–Crippen MR) is 74.7 cm³/mol. The molecule has 0 radical (unpaired) electrons. The minimum atomic E-state index is -0.531. The molecule has 1 saturated heterocycles. The Morgan fingerprint density at radius 1 is 1.44 bits per heavy atom. The van der Waals surface area contributed by atoms with E-state index < -0.39 is 4.92 Å². The first-order chi connectivity index (χ1) is 8.66. The van der Waals surface area contributed by atoms with Gasteiger partial charge in [0.2, 0.25) is 0 Å². The zero-order valence-corrected chi connectivity index (χ0v) is 11.5. The average Bonchev–Trinajstić information content (AvgIpc) is 2.86. The van der Waals surface area contributed by atoms with Crippen molar-refractivity contribution < 1.29 is 9.34 Å². The van der Waals surface area contributed by atoms with E-state index in [4.69, 9.17) is 16.6 Å². The number of piperidine rings is 1. The fraction of sp³-hybridized carbons (Fsp3) is 0.545. The Bertz CT molecular complexity index is 441. The fourth-order valence-corrected chi connectivity index (χ4v) is 2.99. The van der Waals surface area contributed by atoms with Crippen LogP contribution in [0.5, 0.6) is 0 Å². The maximum atomic E-state index is 10.5. The van der Waals surface area contributed by atoms with E-state index >= 15 is 0 Å². The summed E-state index contributed by atoms with van der Waals surface area (Å²) in [4.78, 5) is 12.1. The number of hydrogen-bond acceptors (Lipinski definition) is 5. The monoisotopic (exact) mass is 286 g/mol. The molecule has 1 aromatic rings. The summed E-state index contributed by atoms with van der Waals surface area (Å²) in [5, 5.41) is 10.5. The quantitative estimate of drug-likeness (QED) is 0.483. The van der Waals surface area contributed by atoms with Gasteiger partial charge in [-0.15, -0.1) is 0 Å². The summed E-state index contributed by atoms with van der Waals surface area (Å²) in [5.74, 6) is 0.920. The van der Waals surface area contributed by atoms with Crippen LogP contribution in [0.1, 0.15) is 25.0 Å². The van der Waals surface area contributed by atoms with E-state index in [0.717, 1.165) is 17.4 Å². The van der Waals surface area contributed by atoms with E-state index in [1.807, 2.05) is 0 Å². The van der Waals surface area contributed by atoms with Crippen LogP contribution in [0.25, 0.3) is 0 Å². The summed E-state index contributed by atoms with van der Waals surface area (Å²) in [6.07, 6.45) is 3.65. The van der Waals surface area contributed by atoms with E-state index in [0.29, 0.717) is 11.5 Å². The molecule has 0 spiro atoms. The second kappa shape index (κ2) is 6.19. The molecule has 1 fully saturated rings. The lowest BCUT2D eigenvalue weighted by molar-refractivity contribution is -0.402. The van der Waals surface area contributed by atoms with Gasteiger partial charge in [-0.1, -0.05) is 24.0 Å². The summed E-state index contributed by atoms with van der Waals surface area (Å²) in [6.45, 7) is 2.04.